The summed E-state index contributed by atoms with van der Waals surface area (Å²) in [6.45, 7) is 8.99. The van der Waals surface area contributed by atoms with Crippen LogP contribution in [0.3, 0.4) is 0 Å². The van der Waals surface area contributed by atoms with Gasteiger partial charge in [-0.2, -0.15) is 10.1 Å². The van der Waals surface area contributed by atoms with Crippen LogP contribution in [0.15, 0.2) is 48.9 Å². The molecule has 0 unspecified atom stereocenters. The number of nitrogens with zero attached hydrogens (tertiary/aromatic N) is 5. The van der Waals surface area contributed by atoms with Crippen LogP contribution in [0.25, 0.3) is 0 Å². The van der Waals surface area contributed by atoms with E-state index in [1.54, 1.807) is 12.4 Å². The number of benzene rings is 1. The molecule has 2 N–H and O–H groups in total. The van der Waals surface area contributed by atoms with Crippen molar-refractivity contribution >= 4 is 23.1 Å². The highest BCUT2D eigenvalue weighted by Gasteiger charge is 2.07. The number of pyridine rings is 1. The standard InChI is InChI=1S/C20H25N7/c1-4-27(5-2)17-8-9-18(15(3)11-17)24-19-14-23-26-20(25-19)22-13-16-7-6-10-21-12-16/h6-12,14H,4-5,13H2,1-3H3,(H2,22,24,25,26). The van der Waals surface area contributed by atoms with Gasteiger partial charge >= 0.3 is 0 Å². The van der Waals surface area contributed by atoms with Crippen molar-refractivity contribution < 1.29 is 0 Å². The van der Waals surface area contributed by atoms with Gasteiger partial charge in [0.05, 0.1) is 6.20 Å². The summed E-state index contributed by atoms with van der Waals surface area (Å²) in [6.07, 6.45) is 5.18. The molecule has 0 aliphatic rings. The second-order valence-electron chi connectivity index (χ2n) is 6.18. The van der Waals surface area contributed by atoms with Gasteiger partial charge in [0.2, 0.25) is 5.95 Å². The Labute approximate surface area is 159 Å². The summed E-state index contributed by atoms with van der Waals surface area (Å²) in [5.74, 6) is 1.12. The van der Waals surface area contributed by atoms with Crippen LogP contribution in [-0.2, 0) is 6.54 Å². The summed E-state index contributed by atoms with van der Waals surface area (Å²) in [4.78, 5) is 10.9. The molecule has 0 fully saturated rings. The molecule has 2 aromatic heterocycles. The molecule has 1 aromatic carbocycles. The summed E-state index contributed by atoms with van der Waals surface area (Å²) < 4.78 is 0. The average molecular weight is 363 g/mol. The second kappa shape index (κ2) is 8.93. The summed E-state index contributed by atoms with van der Waals surface area (Å²) >= 11 is 0. The molecule has 27 heavy (non-hydrogen) atoms. The molecule has 0 saturated carbocycles. The molecule has 2 heterocycles. The molecule has 3 aromatic rings. The Morgan fingerprint density at radius 1 is 1.07 bits per heavy atom. The van der Waals surface area contributed by atoms with Gasteiger partial charge in [-0.25, -0.2) is 0 Å². The SMILES string of the molecule is CCN(CC)c1ccc(Nc2cnnc(NCc3cccnc3)n2)c(C)c1. The van der Waals surface area contributed by atoms with Crippen molar-refractivity contribution in [2.45, 2.75) is 27.3 Å². The van der Waals surface area contributed by atoms with Gasteiger partial charge in [-0.15, -0.1) is 5.10 Å². The van der Waals surface area contributed by atoms with Gasteiger partial charge in [0.25, 0.3) is 0 Å². The Kier molecular flexibility index (Phi) is 6.14. The lowest BCUT2D eigenvalue weighted by atomic mass is 10.1. The van der Waals surface area contributed by atoms with Crippen molar-refractivity contribution in [2.24, 2.45) is 0 Å². The molecule has 140 valence electrons. The Bertz CT molecular complexity index is 863. The second-order valence-corrected chi connectivity index (χ2v) is 6.18. The Morgan fingerprint density at radius 3 is 2.63 bits per heavy atom. The fraction of sp³-hybridized carbons (Fsp3) is 0.300. The van der Waals surface area contributed by atoms with E-state index in [4.69, 9.17) is 0 Å². The number of aromatic nitrogens is 4. The summed E-state index contributed by atoms with van der Waals surface area (Å²) in [5, 5.41) is 14.6. The third kappa shape index (κ3) is 4.91. The summed E-state index contributed by atoms with van der Waals surface area (Å²) in [5.41, 5.74) is 4.44. The first-order chi connectivity index (χ1) is 13.2. The molecule has 0 atom stereocenters. The smallest absolute Gasteiger partial charge is 0.244 e. The van der Waals surface area contributed by atoms with E-state index in [1.807, 2.05) is 18.3 Å². The highest BCUT2D eigenvalue weighted by atomic mass is 15.3. The first-order valence-electron chi connectivity index (χ1n) is 9.14. The molecule has 0 saturated heterocycles. The maximum Gasteiger partial charge on any atom is 0.244 e. The van der Waals surface area contributed by atoms with Gasteiger partial charge < -0.3 is 15.5 Å². The Morgan fingerprint density at radius 2 is 1.93 bits per heavy atom. The van der Waals surface area contributed by atoms with Gasteiger partial charge in [0, 0.05) is 43.4 Å². The molecule has 0 amide bonds. The van der Waals surface area contributed by atoms with Gasteiger partial charge in [0.15, 0.2) is 5.82 Å². The number of hydrogen-bond donors (Lipinski definition) is 2. The Hall–Kier alpha value is -3.22. The molecule has 0 spiro atoms. The molecule has 7 heteroatoms. The first kappa shape index (κ1) is 18.6. The van der Waals surface area contributed by atoms with E-state index in [1.165, 1.54) is 5.69 Å². The van der Waals surface area contributed by atoms with Gasteiger partial charge in [-0.1, -0.05) is 6.07 Å². The van der Waals surface area contributed by atoms with E-state index < -0.39 is 0 Å². The average Bonchev–Trinajstić information content (AvgIpc) is 2.70. The van der Waals surface area contributed by atoms with Crippen molar-refractivity contribution in [3.05, 3.63) is 60.0 Å². The van der Waals surface area contributed by atoms with Gasteiger partial charge in [-0.3, -0.25) is 4.98 Å². The van der Waals surface area contributed by atoms with E-state index in [0.717, 1.165) is 29.9 Å². The van der Waals surface area contributed by atoms with Crippen molar-refractivity contribution in [1.82, 2.24) is 20.2 Å². The van der Waals surface area contributed by atoms with E-state index >= 15 is 0 Å². The minimum atomic E-state index is 0.473. The molecule has 0 bridgehead atoms. The fourth-order valence-electron chi connectivity index (χ4n) is 2.83. The number of hydrogen-bond acceptors (Lipinski definition) is 7. The van der Waals surface area contributed by atoms with Gasteiger partial charge in [0.1, 0.15) is 0 Å². The first-order valence-corrected chi connectivity index (χ1v) is 9.14. The van der Waals surface area contributed by atoms with Crippen LogP contribution in [0, 0.1) is 6.92 Å². The predicted molar refractivity (Wildman–Crippen MR) is 109 cm³/mol. The van der Waals surface area contributed by atoms with Crippen LogP contribution in [0.2, 0.25) is 0 Å². The van der Waals surface area contributed by atoms with E-state index in [2.05, 4.69) is 74.7 Å². The predicted octanol–water partition coefficient (Wildman–Crippen LogP) is 3.78. The maximum absolute atomic E-state index is 4.49. The minimum absolute atomic E-state index is 0.473. The molecule has 0 aliphatic carbocycles. The van der Waals surface area contributed by atoms with Crippen LogP contribution in [0.5, 0.6) is 0 Å². The zero-order valence-electron chi connectivity index (χ0n) is 16.0. The number of aryl methyl sites for hydroxylation is 1. The van der Waals surface area contributed by atoms with Crippen LogP contribution in [0.4, 0.5) is 23.1 Å². The van der Waals surface area contributed by atoms with Crippen LogP contribution >= 0.6 is 0 Å². The van der Waals surface area contributed by atoms with E-state index in [9.17, 15) is 0 Å². The Balaban J connectivity index is 1.69. The van der Waals surface area contributed by atoms with Gasteiger partial charge in [-0.05, 0) is 56.2 Å². The lowest BCUT2D eigenvalue weighted by Crippen LogP contribution is -2.21. The van der Waals surface area contributed by atoms with Crippen molar-refractivity contribution in [3.63, 3.8) is 0 Å². The monoisotopic (exact) mass is 363 g/mol. The molecular formula is C20H25N7. The normalized spacial score (nSPS) is 10.5. The highest BCUT2D eigenvalue weighted by Crippen LogP contribution is 2.25. The third-order valence-corrected chi connectivity index (χ3v) is 4.33. The molecule has 7 nitrogen and oxygen atoms in total. The topological polar surface area (TPSA) is 78.9 Å². The van der Waals surface area contributed by atoms with Crippen molar-refractivity contribution in [3.8, 4) is 0 Å². The molecular weight excluding hydrogens is 338 g/mol. The van der Waals surface area contributed by atoms with Crippen molar-refractivity contribution in [1.29, 1.82) is 0 Å². The maximum atomic E-state index is 4.49. The lowest BCUT2D eigenvalue weighted by Gasteiger charge is -2.22. The quantitative estimate of drug-likeness (QED) is 0.630. The zero-order chi connectivity index (χ0) is 19.1. The molecule has 0 radical (unpaired) electrons. The van der Waals surface area contributed by atoms with E-state index in [-0.39, 0.29) is 0 Å². The van der Waals surface area contributed by atoms with Crippen LogP contribution in [0.1, 0.15) is 25.0 Å². The summed E-state index contributed by atoms with van der Waals surface area (Å²) in [6, 6.07) is 10.3. The lowest BCUT2D eigenvalue weighted by molar-refractivity contribution is 0.866. The third-order valence-electron chi connectivity index (χ3n) is 4.33. The minimum Gasteiger partial charge on any atom is -0.372 e. The van der Waals surface area contributed by atoms with E-state index in [0.29, 0.717) is 18.3 Å². The molecule has 3 rings (SSSR count). The molecule has 0 aliphatic heterocycles. The zero-order valence-corrected chi connectivity index (χ0v) is 16.0. The van der Waals surface area contributed by atoms with Crippen LogP contribution < -0.4 is 15.5 Å². The number of rotatable bonds is 8. The van der Waals surface area contributed by atoms with Crippen LogP contribution in [-0.4, -0.2) is 33.3 Å². The highest BCUT2D eigenvalue weighted by molar-refractivity contribution is 5.65. The summed E-state index contributed by atoms with van der Waals surface area (Å²) in [7, 11) is 0. The largest absolute Gasteiger partial charge is 0.372 e. The fourth-order valence-corrected chi connectivity index (χ4v) is 2.83. The van der Waals surface area contributed by atoms with Crippen molar-refractivity contribution in [2.75, 3.05) is 28.6 Å². The number of anilines is 4. The number of nitrogens with one attached hydrogen (secondary N) is 2.